The van der Waals surface area contributed by atoms with Gasteiger partial charge in [-0.05, 0) is 6.08 Å². The van der Waals surface area contributed by atoms with Crippen LogP contribution in [0.5, 0.6) is 0 Å². The first-order chi connectivity index (χ1) is 5.12. The van der Waals surface area contributed by atoms with Crippen LogP contribution in [0.4, 0.5) is 0 Å². The lowest BCUT2D eigenvalue weighted by atomic mass is 10.1. The second-order valence-electron chi connectivity index (χ2n) is 2.65. The summed E-state index contributed by atoms with van der Waals surface area (Å²) in [5, 5.41) is 8.36. The molecule has 1 rings (SSSR count). The van der Waals surface area contributed by atoms with Crippen molar-refractivity contribution in [3.63, 3.8) is 0 Å². The molecule has 1 aliphatic heterocycles. The minimum absolute atomic E-state index is 0.0537. The third-order valence-corrected chi connectivity index (χ3v) is 1.62. The fourth-order valence-corrected chi connectivity index (χ4v) is 0.959. The average molecular weight is 157 g/mol. The summed E-state index contributed by atoms with van der Waals surface area (Å²) in [5.41, 5.74) is 4.89. The Labute approximate surface area is 64.6 Å². The highest BCUT2D eigenvalue weighted by Gasteiger charge is 2.28. The van der Waals surface area contributed by atoms with Gasteiger partial charge >= 0.3 is 5.97 Å². The number of ether oxygens (including phenoxy) is 1. The van der Waals surface area contributed by atoms with Gasteiger partial charge in [0.2, 0.25) is 0 Å². The van der Waals surface area contributed by atoms with Crippen LogP contribution in [0.2, 0.25) is 0 Å². The fourth-order valence-electron chi connectivity index (χ4n) is 0.959. The Morgan fingerprint density at radius 2 is 2.55 bits per heavy atom. The quantitative estimate of drug-likeness (QED) is 0.623. The van der Waals surface area contributed by atoms with Gasteiger partial charge in [-0.3, -0.25) is 10.5 Å². The summed E-state index contributed by atoms with van der Waals surface area (Å²) in [4.78, 5) is 10.2. The van der Waals surface area contributed by atoms with E-state index in [4.69, 9.17) is 15.6 Å². The van der Waals surface area contributed by atoms with Gasteiger partial charge in [-0.2, -0.15) is 0 Å². The third-order valence-electron chi connectivity index (χ3n) is 1.62. The normalized spacial score (nSPS) is 28.5. The van der Waals surface area contributed by atoms with Crippen LogP contribution < -0.4 is 5.73 Å². The average Bonchev–Trinajstić information content (AvgIpc) is 2.33. The van der Waals surface area contributed by atoms with Crippen molar-refractivity contribution in [2.45, 2.75) is 25.0 Å². The Morgan fingerprint density at radius 1 is 1.82 bits per heavy atom. The van der Waals surface area contributed by atoms with Gasteiger partial charge < -0.3 is 9.84 Å². The molecule has 1 atom stereocenters. The van der Waals surface area contributed by atoms with Crippen molar-refractivity contribution in [3.05, 3.63) is 12.3 Å². The molecule has 0 saturated carbocycles. The number of carboxylic acids is 1. The van der Waals surface area contributed by atoms with Gasteiger partial charge in [0.15, 0.2) is 5.72 Å². The molecule has 0 amide bonds. The van der Waals surface area contributed by atoms with Crippen LogP contribution in [0.25, 0.3) is 0 Å². The Bertz CT molecular complexity index is 180. The van der Waals surface area contributed by atoms with E-state index in [1.54, 1.807) is 6.08 Å². The summed E-state index contributed by atoms with van der Waals surface area (Å²) in [6.45, 7) is 0. The number of hydrogen-bond acceptors (Lipinski definition) is 3. The molecule has 1 unspecified atom stereocenters. The zero-order valence-corrected chi connectivity index (χ0v) is 6.12. The molecule has 3 N–H and O–H groups in total. The van der Waals surface area contributed by atoms with Crippen LogP contribution in [0.3, 0.4) is 0 Å². The van der Waals surface area contributed by atoms with Crippen molar-refractivity contribution in [1.82, 2.24) is 0 Å². The van der Waals surface area contributed by atoms with E-state index >= 15 is 0 Å². The maximum Gasteiger partial charge on any atom is 0.303 e. The van der Waals surface area contributed by atoms with Crippen LogP contribution in [-0.4, -0.2) is 16.8 Å². The van der Waals surface area contributed by atoms with Gasteiger partial charge in [-0.15, -0.1) is 0 Å². The zero-order valence-electron chi connectivity index (χ0n) is 6.12. The molecule has 0 aromatic rings. The number of carbonyl (C=O) groups is 1. The van der Waals surface area contributed by atoms with E-state index in [1.165, 1.54) is 6.26 Å². The summed E-state index contributed by atoms with van der Waals surface area (Å²) < 4.78 is 5.02. The van der Waals surface area contributed by atoms with Crippen LogP contribution in [-0.2, 0) is 9.53 Å². The molecule has 1 heterocycles. The van der Waals surface area contributed by atoms with Crippen LogP contribution >= 0.6 is 0 Å². The number of rotatable bonds is 3. The first kappa shape index (κ1) is 8.07. The van der Waals surface area contributed by atoms with E-state index in [2.05, 4.69) is 0 Å². The monoisotopic (exact) mass is 157 g/mol. The fraction of sp³-hybridized carbons (Fsp3) is 0.571. The van der Waals surface area contributed by atoms with Crippen molar-refractivity contribution in [2.75, 3.05) is 0 Å². The molecule has 0 spiro atoms. The molecular formula is C7H11NO3. The molecule has 0 aromatic carbocycles. The molecule has 0 saturated heterocycles. The first-order valence-electron chi connectivity index (χ1n) is 3.46. The van der Waals surface area contributed by atoms with Gasteiger partial charge in [-0.1, -0.05) is 0 Å². The van der Waals surface area contributed by atoms with Gasteiger partial charge in [-0.25, -0.2) is 0 Å². The highest BCUT2D eigenvalue weighted by Crippen LogP contribution is 2.22. The summed E-state index contributed by atoms with van der Waals surface area (Å²) >= 11 is 0. The predicted molar refractivity (Wildman–Crippen MR) is 38.6 cm³/mol. The summed E-state index contributed by atoms with van der Waals surface area (Å²) in [7, 11) is 0. The topological polar surface area (TPSA) is 72.6 Å². The van der Waals surface area contributed by atoms with Gasteiger partial charge in [0.25, 0.3) is 0 Å². The van der Waals surface area contributed by atoms with Crippen molar-refractivity contribution >= 4 is 5.97 Å². The molecule has 4 heteroatoms. The predicted octanol–water partition coefficient (Wildman–Crippen LogP) is 0.440. The Hall–Kier alpha value is -1.03. The van der Waals surface area contributed by atoms with E-state index < -0.39 is 11.7 Å². The molecule has 4 nitrogen and oxygen atoms in total. The summed E-state index contributed by atoms with van der Waals surface area (Å²) in [6, 6.07) is 0. The largest absolute Gasteiger partial charge is 0.481 e. The Morgan fingerprint density at radius 3 is 3.00 bits per heavy atom. The van der Waals surface area contributed by atoms with Crippen molar-refractivity contribution in [1.29, 1.82) is 0 Å². The second-order valence-corrected chi connectivity index (χ2v) is 2.65. The van der Waals surface area contributed by atoms with Gasteiger partial charge in [0.1, 0.15) is 0 Å². The summed E-state index contributed by atoms with van der Waals surface area (Å²) in [5.74, 6) is -0.842. The van der Waals surface area contributed by atoms with Crippen molar-refractivity contribution in [2.24, 2.45) is 5.73 Å². The molecule has 0 aliphatic carbocycles. The zero-order chi connectivity index (χ0) is 8.32. The van der Waals surface area contributed by atoms with Crippen molar-refractivity contribution in [3.8, 4) is 0 Å². The number of aliphatic carboxylic acids is 1. The highest BCUT2D eigenvalue weighted by molar-refractivity contribution is 5.66. The Kier molecular flexibility index (Phi) is 2.14. The van der Waals surface area contributed by atoms with Gasteiger partial charge in [0.05, 0.1) is 12.7 Å². The third kappa shape index (κ3) is 2.23. The van der Waals surface area contributed by atoms with E-state index in [1.807, 2.05) is 0 Å². The number of carboxylic acid groups (broad SMARTS) is 1. The number of nitrogens with two attached hydrogens (primary N) is 1. The maximum atomic E-state index is 10.2. The highest BCUT2D eigenvalue weighted by atomic mass is 16.5. The van der Waals surface area contributed by atoms with Crippen LogP contribution in [0.15, 0.2) is 12.3 Å². The van der Waals surface area contributed by atoms with Crippen LogP contribution in [0.1, 0.15) is 19.3 Å². The minimum Gasteiger partial charge on any atom is -0.481 e. The molecule has 1 aliphatic rings. The minimum atomic E-state index is -0.842. The smallest absolute Gasteiger partial charge is 0.303 e. The molecule has 0 bridgehead atoms. The molecule has 0 radical (unpaired) electrons. The van der Waals surface area contributed by atoms with Crippen LogP contribution in [0, 0.1) is 0 Å². The van der Waals surface area contributed by atoms with Gasteiger partial charge in [0, 0.05) is 12.8 Å². The van der Waals surface area contributed by atoms with E-state index in [0.717, 1.165) is 0 Å². The number of hydrogen-bond donors (Lipinski definition) is 2. The molecule has 62 valence electrons. The molecule has 0 aromatic heterocycles. The summed E-state index contributed by atoms with van der Waals surface area (Å²) in [6.07, 6.45) is 4.32. The Balaban J connectivity index is 2.30. The maximum absolute atomic E-state index is 10.2. The standard InChI is InChI=1S/C7H11NO3/c8-7(3-1-5-11-7)4-2-6(9)10/h1,5H,2-4,8H2,(H,9,10). The van der Waals surface area contributed by atoms with E-state index in [0.29, 0.717) is 12.8 Å². The first-order valence-corrected chi connectivity index (χ1v) is 3.46. The lowest BCUT2D eigenvalue weighted by Gasteiger charge is -2.22. The van der Waals surface area contributed by atoms with E-state index in [9.17, 15) is 4.79 Å². The SMILES string of the molecule is NC1(CCC(=O)O)CC=CO1. The lowest BCUT2D eigenvalue weighted by molar-refractivity contribution is -0.138. The molecular weight excluding hydrogens is 146 g/mol. The van der Waals surface area contributed by atoms with Crippen molar-refractivity contribution < 1.29 is 14.6 Å². The lowest BCUT2D eigenvalue weighted by Crippen LogP contribution is -2.39. The second kappa shape index (κ2) is 2.92. The van der Waals surface area contributed by atoms with E-state index in [-0.39, 0.29) is 6.42 Å². The molecule has 0 fully saturated rings. The molecule has 11 heavy (non-hydrogen) atoms.